The van der Waals surface area contributed by atoms with E-state index in [9.17, 15) is 4.79 Å². The molecular weight excluding hydrogens is 366 g/mol. The summed E-state index contributed by atoms with van der Waals surface area (Å²) in [7, 11) is 0. The zero-order chi connectivity index (χ0) is 20.6. The molecule has 0 saturated carbocycles. The number of ether oxygens (including phenoxy) is 1. The highest BCUT2D eigenvalue weighted by Crippen LogP contribution is 2.31. The van der Waals surface area contributed by atoms with E-state index in [1.165, 1.54) is 0 Å². The fraction of sp³-hybridized carbons (Fsp3) is 0.636. The molecule has 1 N–H and O–H groups in total. The Morgan fingerprint density at radius 1 is 1.21 bits per heavy atom. The van der Waals surface area contributed by atoms with Crippen LogP contribution in [0.15, 0.2) is 29.3 Å². The Hall–Kier alpha value is -2.28. The van der Waals surface area contributed by atoms with Gasteiger partial charge in [-0.15, -0.1) is 0 Å². The number of guanidine groups is 1. The fourth-order valence-electron chi connectivity index (χ4n) is 3.90. The molecule has 7 heteroatoms. The summed E-state index contributed by atoms with van der Waals surface area (Å²) >= 11 is 0. The average Bonchev–Trinajstić information content (AvgIpc) is 2.72. The molecule has 0 aliphatic carbocycles. The summed E-state index contributed by atoms with van der Waals surface area (Å²) in [5.41, 5.74) is 0.862. The maximum Gasteiger partial charge on any atom is 0.265 e. The number of fused-ring (bicyclic) bond motifs is 1. The molecule has 1 amide bonds. The zero-order valence-electron chi connectivity index (χ0n) is 18.1. The normalized spacial score (nSPS) is 18.1. The van der Waals surface area contributed by atoms with Crippen molar-refractivity contribution in [1.82, 2.24) is 15.1 Å². The summed E-state index contributed by atoms with van der Waals surface area (Å²) in [6.07, 6.45) is 0.822. The Labute approximate surface area is 174 Å². The number of piperazine rings is 1. The Morgan fingerprint density at radius 3 is 2.69 bits per heavy atom. The number of nitrogens with one attached hydrogen (secondary N) is 1. The number of carbonyl (C=O) groups is 1. The van der Waals surface area contributed by atoms with Gasteiger partial charge in [0, 0.05) is 52.4 Å². The molecule has 3 rings (SSSR count). The van der Waals surface area contributed by atoms with Gasteiger partial charge in [-0.1, -0.05) is 26.0 Å². The lowest BCUT2D eigenvalue weighted by Crippen LogP contribution is -2.53. The molecule has 2 aliphatic rings. The van der Waals surface area contributed by atoms with Crippen molar-refractivity contribution in [2.45, 2.75) is 27.2 Å². The summed E-state index contributed by atoms with van der Waals surface area (Å²) < 4.78 is 5.51. The SMILES string of the molecule is CCNC(=NCCCN1C(=O)COc2ccccc21)N1CCN(CC(C)C)CC1. The summed E-state index contributed by atoms with van der Waals surface area (Å²) in [6.45, 7) is 14.3. The van der Waals surface area contributed by atoms with E-state index in [1.807, 2.05) is 29.2 Å². The second-order valence-electron chi connectivity index (χ2n) is 8.07. The van der Waals surface area contributed by atoms with Crippen molar-refractivity contribution in [1.29, 1.82) is 0 Å². The van der Waals surface area contributed by atoms with E-state index >= 15 is 0 Å². The highest BCUT2D eigenvalue weighted by atomic mass is 16.5. The Bertz CT molecular complexity index is 698. The quantitative estimate of drug-likeness (QED) is 0.430. The number of rotatable bonds is 7. The van der Waals surface area contributed by atoms with Crippen LogP contribution in [0.25, 0.3) is 0 Å². The third-order valence-corrected chi connectivity index (χ3v) is 5.24. The van der Waals surface area contributed by atoms with Crippen molar-refractivity contribution in [2.75, 3.05) is 63.9 Å². The molecule has 2 aliphatic heterocycles. The first-order valence-electron chi connectivity index (χ1n) is 10.9. The molecule has 0 bridgehead atoms. The monoisotopic (exact) mass is 401 g/mol. The summed E-state index contributed by atoms with van der Waals surface area (Å²) in [6, 6.07) is 7.72. The minimum atomic E-state index is 0.0147. The van der Waals surface area contributed by atoms with Crippen LogP contribution in [-0.2, 0) is 4.79 Å². The third kappa shape index (κ3) is 5.85. The summed E-state index contributed by atoms with van der Waals surface area (Å²) in [5.74, 6) is 2.49. The summed E-state index contributed by atoms with van der Waals surface area (Å²) in [5, 5.41) is 3.43. The maximum absolute atomic E-state index is 12.3. The van der Waals surface area contributed by atoms with Gasteiger partial charge in [0.15, 0.2) is 12.6 Å². The van der Waals surface area contributed by atoms with Gasteiger partial charge in [0.05, 0.1) is 5.69 Å². The number of carbonyl (C=O) groups excluding carboxylic acids is 1. The Balaban J connectivity index is 1.52. The summed E-state index contributed by atoms with van der Waals surface area (Å²) in [4.78, 5) is 23.8. The molecule has 2 heterocycles. The number of anilines is 1. The Kier molecular flexibility index (Phi) is 7.75. The van der Waals surface area contributed by atoms with Gasteiger partial charge in [-0.2, -0.15) is 0 Å². The van der Waals surface area contributed by atoms with Crippen LogP contribution in [0, 0.1) is 5.92 Å². The second-order valence-corrected chi connectivity index (χ2v) is 8.07. The smallest absolute Gasteiger partial charge is 0.265 e. The minimum absolute atomic E-state index is 0.0147. The molecule has 0 radical (unpaired) electrons. The van der Waals surface area contributed by atoms with E-state index in [0.29, 0.717) is 19.0 Å². The highest BCUT2D eigenvalue weighted by molar-refractivity contribution is 5.97. The lowest BCUT2D eigenvalue weighted by atomic mass is 10.2. The van der Waals surface area contributed by atoms with Crippen molar-refractivity contribution < 1.29 is 9.53 Å². The van der Waals surface area contributed by atoms with Gasteiger partial charge in [0.2, 0.25) is 0 Å². The average molecular weight is 402 g/mol. The van der Waals surface area contributed by atoms with E-state index in [2.05, 4.69) is 35.9 Å². The molecular formula is C22H35N5O2. The first kappa shape index (κ1) is 21.4. The standard InChI is InChI=1S/C22H35N5O2/c1-4-23-22(26-14-12-25(13-15-26)16-18(2)3)24-10-7-11-27-19-8-5-6-9-20(19)29-17-21(27)28/h5-6,8-9,18H,4,7,10-17H2,1-3H3,(H,23,24). The van der Waals surface area contributed by atoms with Crippen LogP contribution in [0.1, 0.15) is 27.2 Å². The molecule has 0 aromatic heterocycles. The molecule has 7 nitrogen and oxygen atoms in total. The predicted molar refractivity (Wildman–Crippen MR) is 118 cm³/mol. The van der Waals surface area contributed by atoms with Crippen molar-refractivity contribution >= 4 is 17.6 Å². The number of aliphatic imine (C=N–C) groups is 1. The Morgan fingerprint density at radius 2 is 1.97 bits per heavy atom. The number of hydrogen-bond acceptors (Lipinski definition) is 4. The highest BCUT2D eigenvalue weighted by Gasteiger charge is 2.24. The van der Waals surface area contributed by atoms with Crippen molar-refractivity contribution in [3.63, 3.8) is 0 Å². The first-order valence-corrected chi connectivity index (χ1v) is 10.9. The van der Waals surface area contributed by atoms with Gasteiger partial charge >= 0.3 is 0 Å². The van der Waals surface area contributed by atoms with Crippen LogP contribution >= 0.6 is 0 Å². The van der Waals surface area contributed by atoms with Crippen LogP contribution in [0.3, 0.4) is 0 Å². The van der Waals surface area contributed by atoms with Crippen molar-refractivity contribution in [2.24, 2.45) is 10.9 Å². The van der Waals surface area contributed by atoms with Crippen LogP contribution in [-0.4, -0.2) is 80.6 Å². The topological polar surface area (TPSA) is 60.4 Å². The van der Waals surface area contributed by atoms with Crippen LogP contribution in [0.5, 0.6) is 5.75 Å². The van der Waals surface area contributed by atoms with E-state index < -0.39 is 0 Å². The lowest BCUT2D eigenvalue weighted by Gasteiger charge is -2.37. The van der Waals surface area contributed by atoms with E-state index in [0.717, 1.165) is 63.1 Å². The first-order chi connectivity index (χ1) is 14.1. The van der Waals surface area contributed by atoms with Crippen LogP contribution in [0.4, 0.5) is 5.69 Å². The van der Waals surface area contributed by atoms with Crippen LogP contribution in [0.2, 0.25) is 0 Å². The largest absolute Gasteiger partial charge is 0.482 e. The number of hydrogen-bond donors (Lipinski definition) is 1. The molecule has 160 valence electrons. The van der Waals surface area contributed by atoms with Gasteiger partial charge in [0.1, 0.15) is 5.75 Å². The van der Waals surface area contributed by atoms with Gasteiger partial charge in [0.25, 0.3) is 5.91 Å². The second kappa shape index (κ2) is 10.5. The molecule has 29 heavy (non-hydrogen) atoms. The minimum Gasteiger partial charge on any atom is -0.482 e. The fourth-order valence-corrected chi connectivity index (χ4v) is 3.90. The van der Waals surface area contributed by atoms with Crippen molar-refractivity contribution in [3.8, 4) is 5.75 Å². The zero-order valence-corrected chi connectivity index (χ0v) is 18.1. The van der Waals surface area contributed by atoms with E-state index in [1.54, 1.807) is 0 Å². The number of amides is 1. The van der Waals surface area contributed by atoms with Gasteiger partial charge in [-0.25, -0.2) is 0 Å². The van der Waals surface area contributed by atoms with E-state index in [4.69, 9.17) is 9.73 Å². The van der Waals surface area contributed by atoms with Gasteiger partial charge in [-0.05, 0) is 31.4 Å². The number of para-hydroxylation sites is 2. The number of nitrogens with zero attached hydrogens (tertiary/aromatic N) is 4. The molecule has 0 spiro atoms. The molecule has 1 saturated heterocycles. The van der Waals surface area contributed by atoms with Crippen LogP contribution < -0.4 is 15.0 Å². The lowest BCUT2D eigenvalue weighted by molar-refractivity contribution is -0.121. The molecule has 0 atom stereocenters. The molecule has 1 aromatic carbocycles. The number of benzene rings is 1. The predicted octanol–water partition coefficient (Wildman–Crippen LogP) is 2.04. The molecule has 1 aromatic rings. The third-order valence-electron chi connectivity index (χ3n) is 5.24. The van der Waals surface area contributed by atoms with Gasteiger partial charge < -0.3 is 19.9 Å². The molecule has 0 unspecified atom stereocenters. The molecule has 1 fully saturated rings. The maximum atomic E-state index is 12.3. The van der Waals surface area contributed by atoms with E-state index in [-0.39, 0.29) is 12.5 Å². The van der Waals surface area contributed by atoms with Gasteiger partial charge in [-0.3, -0.25) is 14.7 Å². The van der Waals surface area contributed by atoms with Crippen molar-refractivity contribution in [3.05, 3.63) is 24.3 Å².